The van der Waals surface area contributed by atoms with Gasteiger partial charge in [0.15, 0.2) is 0 Å². The van der Waals surface area contributed by atoms with E-state index in [4.69, 9.17) is 0 Å². The Hall–Kier alpha value is -2.91. The Morgan fingerprint density at radius 3 is 2.00 bits per heavy atom. The number of aromatic nitrogens is 1. The molecule has 0 aliphatic carbocycles. The summed E-state index contributed by atoms with van der Waals surface area (Å²) in [7, 11) is 0. The van der Waals surface area contributed by atoms with Crippen LogP contribution >= 0.6 is 15.9 Å². The van der Waals surface area contributed by atoms with Crippen molar-refractivity contribution in [2.45, 2.75) is 0 Å². The predicted molar refractivity (Wildman–Crippen MR) is 114 cm³/mol. The van der Waals surface area contributed by atoms with Gasteiger partial charge in [-0.15, -0.1) is 0 Å². The molecule has 0 aliphatic rings. The van der Waals surface area contributed by atoms with Crippen LogP contribution in [-0.4, -0.2) is 4.57 Å². The third-order valence-corrected chi connectivity index (χ3v) is 5.43. The molecule has 27 heavy (non-hydrogen) atoms. The number of benzene rings is 4. The van der Waals surface area contributed by atoms with E-state index in [-0.39, 0.29) is 5.82 Å². The van der Waals surface area contributed by atoms with Crippen molar-refractivity contribution in [2.75, 3.05) is 0 Å². The number of para-hydroxylation sites is 1. The second-order valence-electron chi connectivity index (χ2n) is 6.57. The molecule has 130 valence electrons. The van der Waals surface area contributed by atoms with Gasteiger partial charge in [0.1, 0.15) is 5.82 Å². The van der Waals surface area contributed by atoms with Crippen LogP contribution in [0.25, 0.3) is 38.6 Å². The van der Waals surface area contributed by atoms with E-state index < -0.39 is 0 Å². The zero-order valence-corrected chi connectivity index (χ0v) is 15.9. The van der Waals surface area contributed by atoms with Crippen LogP contribution < -0.4 is 0 Å². The minimum atomic E-state index is -0.216. The monoisotopic (exact) mass is 415 g/mol. The normalized spacial score (nSPS) is 11.3. The largest absolute Gasteiger partial charge is 0.309 e. The van der Waals surface area contributed by atoms with Gasteiger partial charge in [-0.2, -0.15) is 0 Å². The van der Waals surface area contributed by atoms with Crippen LogP contribution in [0.1, 0.15) is 0 Å². The molecule has 0 bridgehead atoms. The quantitative estimate of drug-likeness (QED) is 0.284. The van der Waals surface area contributed by atoms with Crippen LogP contribution in [0.5, 0.6) is 0 Å². The molecule has 3 heteroatoms. The summed E-state index contributed by atoms with van der Waals surface area (Å²) < 4.78 is 16.5. The maximum absolute atomic E-state index is 13.2. The van der Waals surface area contributed by atoms with Gasteiger partial charge in [-0.3, -0.25) is 0 Å². The maximum atomic E-state index is 13.2. The van der Waals surface area contributed by atoms with Gasteiger partial charge in [0.2, 0.25) is 0 Å². The minimum absolute atomic E-state index is 0.216. The van der Waals surface area contributed by atoms with E-state index in [1.54, 1.807) is 0 Å². The number of nitrogens with zero attached hydrogens (tertiary/aromatic N) is 1. The van der Waals surface area contributed by atoms with Crippen LogP contribution in [0.2, 0.25) is 0 Å². The third kappa shape index (κ3) is 2.75. The maximum Gasteiger partial charge on any atom is 0.123 e. The molecular weight excluding hydrogens is 401 g/mol. The zero-order valence-electron chi connectivity index (χ0n) is 14.4. The van der Waals surface area contributed by atoms with Crippen molar-refractivity contribution in [3.8, 4) is 16.8 Å². The second kappa shape index (κ2) is 6.36. The first-order valence-electron chi connectivity index (χ1n) is 8.76. The van der Waals surface area contributed by atoms with E-state index in [0.717, 1.165) is 21.3 Å². The molecule has 1 aromatic heterocycles. The van der Waals surface area contributed by atoms with Crippen LogP contribution in [0.3, 0.4) is 0 Å². The molecule has 0 saturated heterocycles. The van der Waals surface area contributed by atoms with Gasteiger partial charge in [0.05, 0.1) is 11.0 Å². The first-order chi connectivity index (χ1) is 13.2. The summed E-state index contributed by atoms with van der Waals surface area (Å²) >= 11 is 3.59. The van der Waals surface area contributed by atoms with Crippen molar-refractivity contribution in [3.05, 3.63) is 101 Å². The molecule has 1 heterocycles. The fraction of sp³-hybridized carbons (Fsp3) is 0. The summed E-state index contributed by atoms with van der Waals surface area (Å²) in [6.45, 7) is 0. The lowest BCUT2D eigenvalue weighted by molar-refractivity contribution is 0.628. The number of fused-ring (bicyclic) bond motifs is 3. The van der Waals surface area contributed by atoms with E-state index >= 15 is 0 Å². The highest BCUT2D eigenvalue weighted by Gasteiger charge is 2.12. The molecule has 4 aromatic carbocycles. The summed E-state index contributed by atoms with van der Waals surface area (Å²) in [5.74, 6) is -0.216. The molecule has 0 amide bonds. The van der Waals surface area contributed by atoms with E-state index in [1.165, 1.54) is 33.9 Å². The Bertz CT molecular complexity index is 1270. The van der Waals surface area contributed by atoms with Crippen LogP contribution in [-0.2, 0) is 0 Å². The second-order valence-corrected chi connectivity index (χ2v) is 7.48. The van der Waals surface area contributed by atoms with E-state index in [0.29, 0.717) is 0 Å². The summed E-state index contributed by atoms with van der Waals surface area (Å²) in [5, 5.41) is 2.46. The zero-order chi connectivity index (χ0) is 18.4. The molecule has 0 N–H and O–H groups in total. The van der Waals surface area contributed by atoms with E-state index in [1.807, 2.05) is 12.1 Å². The summed E-state index contributed by atoms with van der Waals surface area (Å²) in [6.07, 6.45) is 0. The van der Waals surface area contributed by atoms with Crippen molar-refractivity contribution < 1.29 is 4.39 Å². The molecule has 0 spiro atoms. The van der Waals surface area contributed by atoms with Crippen molar-refractivity contribution in [1.29, 1.82) is 0 Å². The van der Waals surface area contributed by atoms with Gasteiger partial charge < -0.3 is 4.57 Å². The highest BCUT2D eigenvalue weighted by molar-refractivity contribution is 9.10. The highest BCUT2D eigenvalue weighted by Crippen LogP contribution is 2.34. The lowest BCUT2D eigenvalue weighted by atomic mass is 10.1. The SMILES string of the molecule is Fc1ccc(-c2ccc(-n3c4ccccc4c4cc(Br)ccc43)cc2)cc1. The van der Waals surface area contributed by atoms with Gasteiger partial charge in [-0.05, 0) is 59.7 Å². The average molecular weight is 416 g/mol. The standard InChI is InChI=1S/C24H15BrFN/c25-18-9-14-24-22(15-18)21-3-1-2-4-23(21)27(24)20-12-7-17(8-13-20)16-5-10-19(26)11-6-16/h1-15H. The Morgan fingerprint density at radius 1 is 0.630 bits per heavy atom. The number of halogens is 2. The lowest BCUT2D eigenvalue weighted by Gasteiger charge is -2.09. The molecule has 5 aromatic rings. The topological polar surface area (TPSA) is 4.93 Å². The Balaban J connectivity index is 1.70. The summed E-state index contributed by atoms with van der Waals surface area (Å²) in [4.78, 5) is 0. The molecule has 0 radical (unpaired) electrons. The smallest absolute Gasteiger partial charge is 0.123 e. The molecular formula is C24H15BrFN. The third-order valence-electron chi connectivity index (χ3n) is 4.94. The van der Waals surface area contributed by atoms with Crippen molar-refractivity contribution in [3.63, 3.8) is 0 Å². The molecule has 1 nitrogen and oxygen atoms in total. The highest BCUT2D eigenvalue weighted by atomic mass is 79.9. The van der Waals surface area contributed by atoms with Crippen LogP contribution in [0, 0.1) is 5.82 Å². The molecule has 0 aliphatic heterocycles. The van der Waals surface area contributed by atoms with Crippen LogP contribution in [0.15, 0.2) is 95.5 Å². The summed E-state index contributed by atoms with van der Waals surface area (Å²) in [6, 6.07) is 29.9. The van der Waals surface area contributed by atoms with Crippen molar-refractivity contribution in [2.24, 2.45) is 0 Å². The van der Waals surface area contributed by atoms with Gasteiger partial charge in [-0.25, -0.2) is 4.39 Å². The fourth-order valence-electron chi connectivity index (χ4n) is 3.67. The predicted octanol–water partition coefficient (Wildman–Crippen LogP) is 7.35. The molecule has 0 fully saturated rings. The van der Waals surface area contributed by atoms with Crippen LogP contribution in [0.4, 0.5) is 4.39 Å². The van der Waals surface area contributed by atoms with E-state index in [9.17, 15) is 4.39 Å². The van der Waals surface area contributed by atoms with Crippen molar-refractivity contribution in [1.82, 2.24) is 4.57 Å². The molecule has 0 unspecified atom stereocenters. The van der Waals surface area contributed by atoms with E-state index in [2.05, 4.69) is 87.2 Å². The first-order valence-corrected chi connectivity index (χ1v) is 9.55. The number of hydrogen-bond acceptors (Lipinski definition) is 0. The number of rotatable bonds is 2. The Kier molecular flexibility index (Phi) is 3.83. The fourth-order valence-corrected chi connectivity index (χ4v) is 4.03. The van der Waals surface area contributed by atoms with Gasteiger partial charge in [-0.1, -0.05) is 58.4 Å². The van der Waals surface area contributed by atoms with Crippen molar-refractivity contribution >= 4 is 37.7 Å². The van der Waals surface area contributed by atoms with Gasteiger partial charge >= 0.3 is 0 Å². The Labute approximate surface area is 164 Å². The molecule has 5 rings (SSSR count). The lowest BCUT2D eigenvalue weighted by Crippen LogP contribution is -1.93. The average Bonchev–Trinajstić information content (AvgIpc) is 3.02. The molecule has 0 saturated carbocycles. The summed E-state index contributed by atoms with van der Waals surface area (Å²) in [5.41, 5.74) is 5.54. The Morgan fingerprint density at radius 2 is 1.26 bits per heavy atom. The first kappa shape index (κ1) is 16.3. The van der Waals surface area contributed by atoms with Gasteiger partial charge in [0.25, 0.3) is 0 Å². The number of hydrogen-bond donors (Lipinski definition) is 0. The van der Waals surface area contributed by atoms with Gasteiger partial charge in [0, 0.05) is 20.9 Å². The minimum Gasteiger partial charge on any atom is -0.309 e. The molecule has 0 atom stereocenters.